The van der Waals surface area contributed by atoms with Gasteiger partial charge in [-0.05, 0) is 12.8 Å². The number of carbonyl (C=O) groups excluding carboxylic acids is 2. The lowest BCUT2D eigenvalue weighted by Gasteiger charge is -2.26. The highest BCUT2D eigenvalue weighted by Crippen LogP contribution is 2.18. The minimum Gasteiger partial charge on any atom is -0.480 e. The van der Waals surface area contributed by atoms with Crippen LogP contribution in [-0.4, -0.2) is 75.9 Å². The summed E-state index contributed by atoms with van der Waals surface area (Å²) in [4.78, 5) is 35.7. The molecular weight excluding hydrogens is 270 g/mol. The third-order valence-corrected chi connectivity index (χ3v) is 3.15. The molecule has 0 radical (unpaired) electrons. The van der Waals surface area contributed by atoms with E-state index < -0.39 is 49.1 Å². The third-order valence-electron chi connectivity index (χ3n) is 3.15. The first kappa shape index (κ1) is 16.3. The Bertz CT molecular complexity index is 388. The highest BCUT2D eigenvalue weighted by Gasteiger charge is 2.37. The van der Waals surface area contributed by atoms with E-state index in [1.54, 1.807) is 0 Å². The van der Waals surface area contributed by atoms with E-state index in [0.717, 1.165) is 4.90 Å². The first-order chi connectivity index (χ1) is 9.42. The first-order valence-corrected chi connectivity index (χ1v) is 6.23. The fourth-order valence-corrected chi connectivity index (χ4v) is 2.03. The number of rotatable bonds is 6. The van der Waals surface area contributed by atoms with Crippen LogP contribution in [0.1, 0.15) is 12.8 Å². The zero-order chi connectivity index (χ0) is 15.3. The Balaban J connectivity index is 2.72. The van der Waals surface area contributed by atoms with Crippen molar-refractivity contribution in [1.82, 2.24) is 10.2 Å². The molecule has 1 fully saturated rings. The van der Waals surface area contributed by atoms with Crippen LogP contribution in [-0.2, 0) is 14.4 Å². The summed E-state index contributed by atoms with van der Waals surface area (Å²) in [6, 6.07) is -3.41. The average Bonchev–Trinajstić information content (AvgIpc) is 2.92. The van der Waals surface area contributed by atoms with Gasteiger partial charge in [0, 0.05) is 6.54 Å². The van der Waals surface area contributed by atoms with Gasteiger partial charge in [0.1, 0.15) is 18.1 Å². The molecule has 114 valence electrons. The Morgan fingerprint density at radius 1 is 1.30 bits per heavy atom. The van der Waals surface area contributed by atoms with Crippen LogP contribution in [0.5, 0.6) is 0 Å². The second-order valence-electron chi connectivity index (χ2n) is 4.56. The molecule has 0 spiro atoms. The summed E-state index contributed by atoms with van der Waals surface area (Å²) in [5.74, 6) is -2.58. The SMILES string of the molecule is NC(CO)C(=O)NC(CO)C(=O)N1CCC[C@H]1C(=O)O. The van der Waals surface area contributed by atoms with Gasteiger partial charge in [-0.1, -0.05) is 0 Å². The van der Waals surface area contributed by atoms with Gasteiger partial charge in [-0.25, -0.2) is 4.79 Å². The highest BCUT2D eigenvalue weighted by molar-refractivity contribution is 5.92. The minimum atomic E-state index is -1.26. The molecule has 0 saturated carbocycles. The topological polar surface area (TPSA) is 153 Å². The summed E-state index contributed by atoms with van der Waals surface area (Å²) >= 11 is 0. The summed E-state index contributed by atoms with van der Waals surface area (Å²) in [6.45, 7) is -1.01. The maximum absolute atomic E-state index is 12.1. The van der Waals surface area contributed by atoms with Crippen molar-refractivity contribution in [3.8, 4) is 0 Å². The Labute approximate surface area is 115 Å². The maximum Gasteiger partial charge on any atom is 0.326 e. The Morgan fingerprint density at radius 2 is 1.95 bits per heavy atom. The van der Waals surface area contributed by atoms with Crippen molar-refractivity contribution in [3.63, 3.8) is 0 Å². The van der Waals surface area contributed by atoms with E-state index in [4.69, 9.17) is 15.9 Å². The standard InChI is InChI=1S/C11H19N3O6/c12-6(4-15)9(17)13-7(5-16)10(18)14-3-1-2-8(14)11(19)20/h6-8,15-16H,1-5,12H2,(H,13,17)(H,19,20)/t6?,7?,8-/m0/s1. The van der Waals surface area contributed by atoms with Gasteiger partial charge in [-0.2, -0.15) is 0 Å². The lowest BCUT2D eigenvalue weighted by atomic mass is 10.2. The predicted molar refractivity (Wildman–Crippen MR) is 66.4 cm³/mol. The number of amides is 2. The van der Waals surface area contributed by atoms with Crippen molar-refractivity contribution in [3.05, 3.63) is 0 Å². The van der Waals surface area contributed by atoms with E-state index in [0.29, 0.717) is 12.8 Å². The smallest absolute Gasteiger partial charge is 0.326 e. The highest BCUT2D eigenvalue weighted by atomic mass is 16.4. The largest absolute Gasteiger partial charge is 0.480 e. The normalized spacial score (nSPS) is 21.4. The minimum absolute atomic E-state index is 0.258. The molecule has 20 heavy (non-hydrogen) atoms. The lowest BCUT2D eigenvalue weighted by molar-refractivity contribution is -0.149. The van der Waals surface area contributed by atoms with Crippen LogP contribution in [0.4, 0.5) is 0 Å². The lowest BCUT2D eigenvalue weighted by Crippen LogP contribution is -2.56. The number of carboxylic acids is 1. The summed E-state index contributed by atoms with van der Waals surface area (Å²) in [7, 11) is 0. The van der Waals surface area contributed by atoms with Crippen molar-refractivity contribution in [2.75, 3.05) is 19.8 Å². The number of hydrogen-bond acceptors (Lipinski definition) is 6. The van der Waals surface area contributed by atoms with Gasteiger partial charge in [0.05, 0.1) is 13.2 Å². The van der Waals surface area contributed by atoms with Crippen LogP contribution < -0.4 is 11.1 Å². The summed E-state index contributed by atoms with van der Waals surface area (Å²) in [6.07, 6.45) is 0.883. The molecule has 6 N–H and O–H groups in total. The number of hydrogen-bond donors (Lipinski definition) is 5. The van der Waals surface area contributed by atoms with Crippen LogP contribution in [0.15, 0.2) is 0 Å². The second-order valence-corrected chi connectivity index (χ2v) is 4.56. The van der Waals surface area contributed by atoms with Gasteiger partial charge in [-0.15, -0.1) is 0 Å². The molecule has 1 rings (SSSR count). The molecule has 9 heteroatoms. The van der Waals surface area contributed by atoms with E-state index in [2.05, 4.69) is 5.32 Å². The molecule has 0 aliphatic carbocycles. The molecule has 2 unspecified atom stereocenters. The fraction of sp³-hybridized carbons (Fsp3) is 0.727. The number of nitrogens with zero attached hydrogens (tertiary/aromatic N) is 1. The number of aliphatic carboxylic acids is 1. The average molecular weight is 289 g/mol. The molecule has 1 aliphatic heterocycles. The monoisotopic (exact) mass is 289 g/mol. The van der Waals surface area contributed by atoms with Crippen LogP contribution in [0.3, 0.4) is 0 Å². The molecule has 2 amide bonds. The Kier molecular flexibility index (Phi) is 5.86. The predicted octanol–water partition coefficient (Wildman–Crippen LogP) is -3.14. The molecular formula is C11H19N3O6. The van der Waals surface area contributed by atoms with Crippen molar-refractivity contribution in [2.24, 2.45) is 5.73 Å². The van der Waals surface area contributed by atoms with Crippen molar-refractivity contribution in [1.29, 1.82) is 0 Å². The molecule has 0 aromatic rings. The number of aliphatic hydroxyl groups is 2. The number of carbonyl (C=O) groups is 3. The van der Waals surface area contributed by atoms with E-state index >= 15 is 0 Å². The van der Waals surface area contributed by atoms with Crippen LogP contribution in [0.25, 0.3) is 0 Å². The van der Waals surface area contributed by atoms with Crippen molar-refractivity contribution >= 4 is 17.8 Å². The summed E-state index contributed by atoms with van der Waals surface area (Å²) < 4.78 is 0. The number of aliphatic hydroxyl groups excluding tert-OH is 2. The van der Waals surface area contributed by atoms with Gasteiger partial charge in [-0.3, -0.25) is 9.59 Å². The fourth-order valence-electron chi connectivity index (χ4n) is 2.03. The number of nitrogens with two attached hydrogens (primary N) is 1. The third kappa shape index (κ3) is 3.65. The molecule has 0 aromatic carbocycles. The van der Waals surface area contributed by atoms with Crippen molar-refractivity contribution < 1.29 is 29.7 Å². The molecule has 1 aliphatic rings. The Morgan fingerprint density at radius 3 is 2.45 bits per heavy atom. The van der Waals surface area contributed by atoms with Gasteiger partial charge in [0.15, 0.2) is 0 Å². The summed E-state index contributed by atoms with van der Waals surface area (Å²) in [5, 5.41) is 29.1. The number of carboxylic acid groups (broad SMARTS) is 1. The first-order valence-electron chi connectivity index (χ1n) is 6.23. The molecule has 0 aromatic heterocycles. The molecule has 9 nitrogen and oxygen atoms in total. The molecule has 0 bridgehead atoms. The quantitative estimate of drug-likeness (QED) is 0.346. The Hall–Kier alpha value is -1.71. The van der Waals surface area contributed by atoms with Gasteiger partial charge in [0.25, 0.3) is 0 Å². The maximum atomic E-state index is 12.1. The van der Waals surface area contributed by atoms with Crippen LogP contribution >= 0.6 is 0 Å². The van der Waals surface area contributed by atoms with E-state index in [9.17, 15) is 19.5 Å². The van der Waals surface area contributed by atoms with Crippen LogP contribution in [0, 0.1) is 0 Å². The van der Waals surface area contributed by atoms with Gasteiger partial charge < -0.3 is 31.3 Å². The van der Waals surface area contributed by atoms with E-state index in [1.165, 1.54) is 0 Å². The number of nitrogens with one attached hydrogen (secondary N) is 1. The summed E-state index contributed by atoms with van der Waals surface area (Å²) in [5.41, 5.74) is 5.29. The molecule has 1 heterocycles. The molecule has 3 atom stereocenters. The van der Waals surface area contributed by atoms with Gasteiger partial charge in [0.2, 0.25) is 11.8 Å². The van der Waals surface area contributed by atoms with E-state index in [1.807, 2.05) is 0 Å². The zero-order valence-corrected chi connectivity index (χ0v) is 10.9. The molecule has 1 saturated heterocycles. The van der Waals surface area contributed by atoms with Crippen molar-refractivity contribution in [2.45, 2.75) is 31.0 Å². The van der Waals surface area contributed by atoms with E-state index in [-0.39, 0.29) is 6.54 Å². The number of likely N-dealkylation sites (tertiary alicyclic amines) is 1. The second kappa shape index (κ2) is 7.17. The van der Waals surface area contributed by atoms with Crippen LogP contribution in [0.2, 0.25) is 0 Å². The van der Waals surface area contributed by atoms with Gasteiger partial charge >= 0.3 is 5.97 Å². The zero-order valence-electron chi connectivity index (χ0n) is 10.9.